The van der Waals surface area contributed by atoms with Gasteiger partial charge in [-0.15, -0.1) is 0 Å². The summed E-state index contributed by atoms with van der Waals surface area (Å²) in [5.41, 5.74) is 1.22. The van der Waals surface area contributed by atoms with Crippen molar-refractivity contribution in [3.05, 3.63) is 35.2 Å². The van der Waals surface area contributed by atoms with Gasteiger partial charge in [-0.25, -0.2) is 0 Å². The van der Waals surface area contributed by atoms with E-state index in [-0.39, 0.29) is 51.8 Å². The van der Waals surface area contributed by atoms with Crippen molar-refractivity contribution in [1.82, 2.24) is 20.0 Å². The SMILES string of the molecule is CC(C)C1=C2C3CC[C@@H]4[C@@]5(C)CC[C@H](OC(=O)CC(C)(C)C(=O)O)C(C)(C)[C@@H]5CC[C@@]4(C)[C@]3(C)CC[C@@]2([C@@H](O)CN(CCN(C)C)Cc2cccnn2)CC1=O. The highest BCUT2D eigenvalue weighted by atomic mass is 16.5. The van der Waals surface area contributed by atoms with Crippen LogP contribution < -0.4 is 0 Å². The number of hydrogen-bond acceptors (Lipinski definition) is 9. The Bertz CT molecular complexity index is 1690. The molecule has 0 aromatic carbocycles. The first kappa shape index (κ1) is 42.9. The molecule has 5 aliphatic rings. The molecule has 0 bridgehead atoms. The molecule has 0 saturated heterocycles. The summed E-state index contributed by atoms with van der Waals surface area (Å²) in [6.45, 7) is 22.4. The number of rotatable bonds is 13. The van der Waals surface area contributed by atoms with Crippen LogP contribution >= 0.6 is 0 Å². The van der Waals surface area contributed by atoms with Gasteiger partial charge in [0.05, 0.1) is 23.6 Å². The van der Waals surface area contributed by atoms with E-state index in [2.05, 4.69) is 82.6 Å². The second-order valence-corrected chi connectivity index (χ2v) is 21.3. The number of ether oxygens (including phenoxy) is 1. The molecule has 312 valence electrons. The van der Waals surface area contributed by atoms with Gasteiger partial charge >= 0.3 is 11.9 Å². The Balaban J connectivity index is 1.29. The summed E-state index contributed by atoms with van der Waals surface area (Å²) in [6.07, 6.45) is 8.76. The van der Waals surface area contributed by atoms with Gasteiger partial charge in [0.15, 0.2) is 5.78 Å². The lowest BCUT2D eigenvalue weighted by molar-refractivity contribution is -0.235. The second kappa shape index (κ2) is 15.2. The number of carboxylic acid groups (broad SMARTS) is 1. The summed E-state index contributed by atoms with van der Waals surface area (Å²) >= 11 is 0. The van der Waals surface area contributed by atoms with Crippen LogP contribution in [0.2, 0.25) is 0 Å². The van der Waals surface area contributed by atoms with Crippen LogP contribution in [-0.4, -0.2) is 93.9 Å². The van der Waals surface area contributed by atoms with Crippen LogP contribution in [-0.2, 0) is 25.7 Å². The Labute approximate surface area is 336 Å². The van der Waals surface area contributed by atoms with Crippen molar-refractivity contribution in [3.8, 4) is 0 Å². The molecule has 0 aliphatic heterocycles. The van der Waals surface area contributed by atoms with Crippen molar-refractivity contribution in [2.75, 3.05) is 33.7 Å². The molecule has 1 aromatic heterocycles. The number of aliphatic hydroxyl groups excluding tert-OH is 1. The lowest BCUT2D eigenvalue weighted by atomic mass is 9.33. The van der Waals surface area contributed by atoms with Crippen LogP contribution in [0.25, 0.3) is 0 Å². The Morgan fingerprint density at radius 2 is 1.68 bits per heavy atom. The minimum atomic E-state index is -1.17. The summed E-state index contributed by atoms with van der Waals surface area (Å²) < 4.78 is 6.19. The maximum Gasteiger partial charge on any atom is 0.309 e. The number of carbonyl (C=O) groups excluding carboxylic acids is 2. The molecular formula is C46H72N4O6. The van der Waals surface area contributed by atoms with Crippen molar-refractivity contribution in [1.29, 1.82) is 0 Å². The molecule has 1 unspecified atom stereocenters. The van der Waals surface area contributed by atoms with Crippen LogP contribution in [0.5, 0.6) is 0 Å². The topological polar surface area (TPSA) is 133 Å². The quantitative estimate of drug-likeness (QED) is 0.193. The fourth-order valence-corrected chi connectivity index (χ4v) is 13.6. The van der Waals surface area contributed by atoms with Gasteiger partial charge in [0.1, 0.15) is 6.10 Å². The fraction of sp³-hybridized carbons (Fsp3) is 0.804. The summed E-state index contributed by atoms with van der Waals surface area (Å²) in [4.78, 5) is 43.7. The standard InChI is InChI=1S/C46H72N4O6/c1-29(2)38-32(51)25-46(35(52)28-50(24-23-49(10)11)27-30-13-12-22-47-48-30)21-20-44(8)31(39(38)46)14-15-34-43(7)18-17-36(56-37(53)26-41(3,4)40(54)55)42(5,6)33(43)16-19-45(34,44)9/h12-13,22,29,31,33-36,52H,14-21,23-28H2,1-11H3,(H,54,55)/t31?,33-,34+,35-,36-,43-,44+,45+,46-/m0/s1. The number of carbonyl (C=O) groups is 3. The molecule has 2 N–H and O–H groups in total. The number of aliphatic hydroxyl groups is 1. The predicted octanol–water partition coefficient (Wildman–Crippen LogP) is 7.59. The fourth-order valence-electron chi connectivity index (χ4n) is 13.6. The van der Waals surface area contributed by atoms with Crippen molar-refractivity contribution in [2.45, 2.75) is 145 Å². The number of hydrogen-bond donors (Lipinski definition) is 2. The van der Waals surface area contributed by atoms with E-state index in [1.807, 2.05) is 12.1 Å². The number of esters is 1. The van der Waals surface area contributed by atoms with Crippen molar-refractivity contribution in [2.24, 2.45) is 56.2 Å². The zero-order valence-corrected chi connectivity index (χ0v) is 36.4. The Morgan fingerprint density at radius 3 is 2.30 bits per heavy atom. The maximum absolute atomic E-state index is 14.3. The van der Waals surface area contributed by atoms with E-state index < -0.39 is 28.9 Å². The van der Waals surface area contributed by atoms with Gasteiger partial charge in [-0.3, -0.25) is 19.3 Å². The summed E-state index contributed by atoms with van der Waals surface area (Å²) in [6, 6.07) is 3.90. The number of allylic oxidation sites excluding steroid dienone is 1. The third-order valence-corrected chi connectivity index (χ3v) is 16.8. The smallest absolute Gasteiger partial charge is 0.309 e. The molecular weight excluding hydrogens is 705 g/mol. The first-order valence-electron chi connectivity index (χ1n) is 21.6. The third kappa shape index (κ3) is 7.09. The Morgan fingerprint density at radius 1 is 0.964 bits per heavy atom. The van der Waals surface area contributed by atoms with Crippen molar-refractivity contribution >= 4 is 17.7 Å². The highest BCUT2D eigenvalue weighted by Crippen LogP contribution is 2.77. The molecule has 4 saturated carbocycles. The van der Waals surface area contributed by atoms with Gasteiger partial charge in [0.2, 0.25) is 0 Å². The van der Waals surface area contributed by atoms with Gasteiger partial charge in [0, 0.05) is 49.6 Å². The first-order valence-corrected chi connectivity index (χ1v) is 21.6. The van der Waals surface area contributed by atoms with Gasteiger partial charge in [0.25, 0.3) is 0 Å². The van der Waals surface area contributed by atoms with E-state index in [0.717, 1.165) is 75.7 Å². The van der Waals surface area contributed by atoms with E-state index in [1.54, 1.807) is 20.0 Å². The largest absolute Gasteiger partial charge is 0.481 e. The predicted molar refractivity (Wildman–Crippen MR) is 217 cm³/mol. The molecule has 1 heterocycles. The number of aliphatic carboxylic acids is 1. The highest BCUT2D eigenvalue weighted by molar-refractivity contribution is 6.00. The van der Waals surface area contributed by atoms with Crippen LogP contribution in [0.3, 0.4) is 0 Å². The van der Waals surface area contributed by atoms with E-state index >= 15 is 0 Å². The normalized spacial score (nSPS) is 35.9. The molecule has 0 radical (unpaired) electrons. The van der Waals surface area contributed by atoms with E-state index in [4.69, 9.17) is 4.74 Å². The number of carboxylic acids is 1. The number of aromatic nitrogens is 2. The molecule has 0 amide bonds. The molecule has 10 heteroatoms. The minimum Gasteiger partial charge on any atom is -0.481 e. The Hall–Kier alpha value is -2.69. The average molecular weight is 777 g/mol. The molecule has 56 heavy (non-hydrogen) atoms. The monoisotopic (exact) mass is 777 g/mol. The number of nitrogens with zero attached hydrogens (tertiary/aromatic N) is 4. The van der Waals surface area contributed by atoms with E-state index in [1.165, 1.54) is 5.57 Å². The van der Waals surface area contributed by atoms with Gasteiger partial charge < -0.3 is 19.8 Å². The van der Waals surface area contributed by atoms with Crippen LogP contribution in [0.4, 0.5) is 0 Å². The van der Waals surface area contributed by atoms with Gasteiger partial charge in [-0.05, 0) is 137 Å². The molecule has 6 rings (SSSR count). The van der Waals surface area contributed by atoms with Crippen molar-refractivity contribution < 1.29 is 29.3 Å². The van der Waals surface area contributed by atoms with Crippen LogP contribution in [0, 0.1) is 56.2 Å². The third-order valence-electron chi connectivity index (χ3n) is 16.8. The zero-order valence-electron chi connectivity index (χ0n) is 36.4. The van der Waals surface area contributed by atoms with Gasteiger partial charge in [-0.2, -0.15) is 10.2 Å². The Kier molecular flexibility index (Phi) is 11.6. The number of ketones is 1. The average Bonchev–Trinajstić information content (AvgIpc) is 3.42. The summed E-state index contributed by atoms with van der Waals surface area (Å²) in [5.74, 6) is -0.0208. The molecule has 4 fully saturated rings. The zero-order chi connectivity index (χ0) is 41.2. The molecule has 0 spiro atoms. The highest BCUT2D eigenvalue weighted by Gasteiger charge is 2.71. The molecule has 10 nitrogen and oxygen atoms in total. The minimum absolute atomic E-state index is 0.0344. The lowest BCUT2D eigenvalue weighted by Gasteiger charge is -2.72. The summed E-state index contributed by atoms with van der Waals surface area (Å²) in [7, 11) is 4.14. The van der Waals surface area contributed by atoms with Crippen LogP contribution in [0.1, 0.15) is 132 Å². The van der Waals surface area contributed by atoms with E-state index in [0.29, 0.717) is 31.3 Å². The molecule has 9 atom stereocenters. The van der Waals surface area contributed by atoms with Crippen LogP contribution in [0.15, 0.2) is 29.5 Å². The summed E-state index contributed by atoms with van der Waals surface area (Å²) in [5, 5.41) is 30.8. The maximum atomic E-state index is 14.3. The van der Waals surface area contributed by atoms with Crippen molar-refractivity contribution in [3.63, 3.8) is 0 Å². The van der Waals surface area contributed by atoms with Gasteiger partial charge in [-0.1, -0.05) is 54.0 Å². The first-order chi connectivity index (χ1) is 26.0. The molecule has 1 aromatic rings. The number of fused-ring (bicyclic) bond motifs is 7. The van der Waals surface area contributed by atoms with E-state index in [9.17, 15) is 24.6 Å². The molecule has 5 aliphatic carbocycles. The number of Topliss-reactive ketones (excluding diaryl/α,β-unsaturated/α-hetero) is 1. The number of likely N-dealkylation sites (N-methyl/N-ethyl adjacent to an activating group) is 1. The second-order valence-electron chi connectivity index (χ2n) is 21.3. The lowest BCUT2D eigenvalue weighted by Crippen LogP contribution is -2.66.